The van der Waals surface area contributed by atoms with E-state index in [0.717, 1.165) is 10.5 Å². The first-order valence-corrected chi connectivity index (χ1v) is 7.78. The van der Waals surface area contributed by atoms with Crippen LogP contribution in [0, 0.1) is 0 Å². The molecule has 2 aromatic carbocycles. The van der Waals surface area contributed by atoms with Crippen molar-refractivity contribution in [2.45, 2.75) is 12.8 Å². The Labute approximate surface area is 140 Å². The van der Waals surface area contributed by atoms with E-state index in [9.17, 15) is 14.4 Å². The van der Waals surface area contributed by atoms with Gasteiger partial charge in [0.2, 0.25) is 0 Å². The first-order valence-electron chi connectivity index (χ1n) is 7.78. The highest BCUT2D eigenvalue weighted by Crippen LogP contribution is 2.22. The average molecular weight is 322 g/mol. The van der Waals surface area contributed by atoms with E-state index in [0.29, 0.717) is 17.7 Å². The summed E-state index contributed by atoms with van der Waals surface area (Å²) in [5.41, 5.74) is 2.16. The van der Waals surface area contributed by atoms with Crippen molar-refractivity contribution >= 4 is 17.7 Å². The third-order valence-electron chi connectivity index (χ3n) is 4.29. The number of fused-ring (bicyclic) bond motifs is 1. The normalized spacial score (nSPS) is 14.5. The summed E-state index contributed by atoms with van der Waals surface area (Å²) in [7, 11) is 1.44. The molecule has 5 heteroatoms. The summed E-state index contributed by atoms with van der Waals surface area (Å²) in [5.74, 6) is -0.781. The van der Waals surface area contributed by atoms with Crippen LogP contribution in [0.1, 0.15) is 49.5 Å². The molecule has 0 aliphatic carbocycles. The largest absolute Gasteiger partial charge is 0.351 e. The fourth-order valence-electron chi connectivity index (χ4n) is 2.75. The van der Waals surface area contributed by atoms with Crippen LogP contribution in [0.15, 0.2) is 48.5 Å². The molecule has 5 nitrogen and oxygen atoms in total. The molecule has 1 atom stereocenters. The predicted octanol–water partition coefficient (Wildman–Crippen LogP) is 2.45. The van der Waals surface area contributed by atoms with Gasteiger partial charge in [0, 0.05) is 19.2 Å². The zero-order valence-corrected chi connectivity index (χ0v) is 13.6. The molecule has 0 fully saturated rings. The van der Waals surface area contributed by atoms with Crippen LogP contribution in [0.5, 0.6) is 0 Å². The fraction of sp³-hybridized carbons (Fsp3) is 0.211. The number of carbonyl (C=O) groups excluding carboxylic acids is 3. The van der Waals surface area contributed by atoms with Crippen LogP contribution >= 0.6 is 0 Å². The first-order chi connectivity index (χ1) is 11.5. The van der Waals surface area contributed by atoms with Gasteiger partial charge in [0.25, 0.3) is 17.7 Å². The molecule has 1 aliphatic rings. The van der Waals surface area contributed by atoms with E-state index >= 15 is 0 Å². The smallest absolute Gasteiger partial charge is 0.261 e. The van der Waals surface area contributed by atoms with E-state index < -0.39 is 0 Å². The van der Waals surface area contributed by atoms with Gasteiger partial charge in [-0.1, -0.05) is 37.3 Å². The highest BCUT2D eigenvalue weighted by molar-refractivity contribution is 6.21. The van der Waals surface area contributed by atoms with Gasteiger partial charge in [0.1, 0.15) is 0 Å². The molecule has 0 saturated heterocycles. The highest BCUT2D eigenvalue weighted by atomic mass is 16.2. The summed E-state index contributed by atoms with van der Waals surface area (Å²) in [6.07, 6.45) is 0. The van der Waals surface area contributed by atoms with Crippen LogP contribution in [0.25, 0.3) is 0 Å². The maximum Gasteiger partial charge on any atom is 0.261 e. The van der Waals surface area contributed by atoms with Gasteiger partial charge in [0.05, 0.1) is 11.1 Å². The molecule has 1 N–H and O–H groups in total. The minimum atomic E-state index is -0.373. The van der Waals surface area contributed by atoms with Crippen molar-refractivity contribution in [1.82, 2.24) is 10.2 Å². The van der Waals surface area contributed by atoms with Crippen LogP contribution in [0.2, 0.25) is 0 Å². The van der Waals surface area contributed by atoms with Gasteiger partial charge < -0.3 is 5.32 Å². The van der Waals surface area contributed by atoms with Crippen molar-refractivity contribution in [3.05, 3.63) is 70.8 Å². The minimum absolute atomic E-state index is 0.180. The molecule has 1 unspecified atom stereocenters. The van der Waals surface area contributed by atoms with Crippen molar-refractivity contribution in [3.8, 4) is 0 Å². The Morgan fingerprint density at radius 1 is 1.04 bits per heavy atom. The first kappa shape index (κ1) is 15.9. The SMILES string of the molecule is CC(CNC(=O)c1ccc2c(c1)C(=O)N(C)C2=O)c1ccccc1. The van der Waals surface area contributed by atoms with Crippen molar-refractivity contribution in [2.24, 2.45) is 0 Å². The van der Waals surface area contributed by atoms with Crippen LogP contribution in [-0.4, -0.2) is 36.2 Å². The molecule has 3 amide bonds. The molecule has 0 spiro atoms. The van der Waals surface area contributed by atoms with Crippen LogP contribution < -0.4 is 5.32 Å². The Morgan fingerprint density at radius 3 is 2.42 bits per heavy atom. The summed E-state index contributed by atoms with van der Waals surface area (Å²) in [6.45, 7) is 2.53. The van der Waals surface area contributed by atoms with Gasteiger partial charge >= 0.3 is 0 Å². The quantitative estimate of drug-likeness (QED) is 0.879. The topological polar surface area (TPSA) is 66.5 Å². The van der Waals surface area contributed by atoms with E-state index in [4.69, 9.17) is 0 Å². The van der Waals surface area contributed by atoms with Crippen LogP contribution in [0.4, 0.5) is 0 Å². The average Bonchev–Trinajstić information content (AvgIpc) is 2.84. The summed E-state index contributed by atoms with van der Waals surface area (Å²) in [5, 5.41) is 2.88. The lowest BCUT2D eigenvalue weighted by Crippen LogP contribution is -2.27. The number of imide groups is 1. The number of nitrogens with one attached hydrogen (secondary N) is 1. The van der Waals surface area contributed by atoms with Gasteiger partial charge in [-0.05, 0) is 29.7 Å². The Kier molecular flexibility index (Phi) is 4.16. The molecule has 24 heavy (non-hydrogen) atoms. The summed E-state index contributed by atoms with van der Waals surface area (Å²) in [6, 6.07) is 14.5. The Bertz CT molecular complexity index is 815. The lowest BCUT2D eigenvalue weighted by Gasteiger charge is -2.13. The second-order valence-electron chi connectivity index (χ2n) is 5.95. The van der Waals surface area contributed by atoms with Crippen LogP contribution in [0.3, 0.4) is 0 Å². The number of hydrogen-bond acceptors (Lipinski definition) is 3. The zero-order chi connectivity index (χ0) is 17.3. The minimum Gasteiger partial charge on any atom is -0.351 e. The van der Waals surface area contributed by atoms with E-state index in [2.05, 4.69) is 5.32 Å². The molecule has 0 bridgehead atoms. The maximum atomic E-state index is 12.3. The molecule has 3 rings (SSSR count). The molecule has 1 heterocycles. The number of benzene rings is 2. The van der Waals surface area contributed by atoms with Gasteiger partial charge in [-0.3, -0.25) is 19.3 Å². The Morgan fingerprint density at radius 2 is 1.71 bits per heavy atom. The van der Waals surface area contributed by atoms with E-state index in [1.54, 1.807) is 6.07 Å². The molecule has 0 aromatic heterocycles. The second kappa shape index (κ2) is 6.28. The predicted molar refractivity (Wildman–Crippen MR) is 90.1 cm³/mol. The van der Waals surface area contributed by atoms with E-state index in [-0.39, 0.29) is 29.2 Å². The Balaban J connectivity index is 1.71. The molecule has 122 valence electrons. The number of nitrogens with zero attached hydrogens (tertiary/aromatic N) is 1. The molecule has 2 aromatic rings. The standard InChI is InChI=1S/C19H18N2O3/c1-12(13-6-4-3-5-7-13)11-20-17(22)14-8-9-15-16(10-14)19(24)21(2)18(15)23/h3-10,12H,11H2,1-2H3,(H,20,22). The van der Waals surface area contributed by atoms with Crippen LogP contribution in [-0.2, 0) is 0 Å². The molecular weight excluding hydrogens is 304 g/mol. The maximum absolute atomic E-state index is 12.3. The van der Waals surface area contributed by atoms with Crippen molar-refractivity contribution < 1.29 is 14.4 Å². The molecular formula is C19H18N2O3. The number of amides is 3. The van der Waals surface area contributed by atoms with Crippen molar-refractivity contribution in [3.63, 3.8) is 0 Å². The molecule has 0 saturated carbocycles. The lowest BCUT2D eigenvalue weighted by atomic mass is 10.0. The summed E-state index contributed by atoms with van der Waals surface area (Å²) in [4.78, 5) is 37.3. The van der Waals surface area contributed by atoms with E-state index in [1.807, 2.05) is 37.3 Å². The summed E-state index contributed by atoms with van der Waals surface area (Å²) < 4.78 is 0. The van der Waals surface area contributed by atoms with E-state index in [1.165, 1.54) is 19.2 Å². The molecule has 1 aliphatic heterocycles. The summed E-state index contributed by atoms with van der Waals surface area (Å²) >= 11 is 0. The number of hydrogen-bond donors (Lipinski definition) is 1. The highest BCUT2D eigenvalue weighted by Gasteiger charge is 2.33. The van der Waals surface area contributed by atoms with Gasteiger partial charge in [0.15, 0.2) is 0 Å². The lowest BCUT2D eigenvalue weighted by molar-refractivity contribution is 0.0693. The third-order valence-corrected chi connectivity index (χ3v) is 4.29. The van der Waals surface area contributed by atoms with Gasteiger partial charge in [-0.25, -0.2) is 0 Å². The number of carbonyl (C=O) groups is 3. The monoisotopic (exact) mass is 322 g/mol. The zero-order valence-electron chi connectivity index (χ0n) is 13.6. The molecule has 0 radical (unpaired) electrons. The van der Waals surface area contributed by atoms with Crippen molar-refractivity contribution in [1.29, 1.82) is 0 Å². The second-order valence-corrected chi connectivity index (χ2v) is 5.95. The Hall–Kier alpha value is -2.95. The van der Waals surface area contributed by atoms with Gasteiger partial charge in [-0.2, -0.15) is 0 Å². The third kappa shape index (κ3) is 2.80. The fourth-order valence-corrected chi connectivity index (χ4v) is 2.75. The van der Waals surface area contributed by atoms with Crippen molar-refractivity contribution in [2.75, 3.05) is 13.6 Å². The number of rotatable bonds is 4. The van der Waals surface area contributed by atoms with Gasteiger partial charge in [-0.15, -0.1) is 0 Å².